The number of hydrogen-bond donors (Lipinski definition) is 1. The number of amidine groups is 1. The van der Waals surface area contributed by atoms with Crippen molar-refractivity contribution < 1.29 is 8.78 Å². The van der Waals surface area contributed by atoms with Crippen molar-refractivity contribution in [1.82, 2.24) is 4.90 Å². The summed E-state index contributed by atoms with van der Waals surface area (Å²) < 4.78 is 25.8. The van der Waals surface area contributed by atoms with Crippen molar-refractivity contribution in [3.8, 4) is 0 Å². The molecule has 0 aromatic heterocycles. The number of alkyl halides is 2. The second kappa shape index (κ2) is 3.48. The standard InChI is InChI=1S/C10H16F2N2/c11-10(12)5-3-8(4-6-10)14-7-1-2-9(14)13/h8,13H,1-7H2. The number of nitrogens with one attached hydrogen (secondary N) is 1. The van der Waals surface area contributed by atoms with Crippen LogP contribution >= 0.6 is 0 Å². The Morgan fingerprint density at radius 1 is 1.29 bits per heavy atom. The molecule has 2 rings (SSSR count). The van der Waals surface area contributed by atoms with Crippen molar-refractivity contribution in [2.45, 2.75) is 50.5 Å². The smallest absolute Gasteiger partial charge is 0.248 e. The first-order chi connectivity index (χ1) is 6.58. The van der Waals surface area contributed by atoms with Gasteiger partial charge in [0.25, 0.3) is 0 Å². The van der Waals surface area contributed by atoms with Gasteiger partial charge in [0.2, 0.25) is 5.92 Å². The molecule has 2 fully saturated rings. The van der Waals surface area contributed by atoms with Crippen LogP contribution in [0, 0.1) is 5.41 Å². The summed E-state index contributed by atoms with van der Waals surface area (Å²) in [5.74, 6) is -1.79. The highest BCUT2D eigenvalue weighted by Crippen LogP contribution is 2.36. The van der Waals surface area contributed by atoms with E-state index in [4.69, 9.17) is 5.41 Å². The van der Waals surface area contributed by atoms with Crippen LogP contribution in [0.4, 0.5) is 8.78 Å². The molecule has 1 saturated heterocycles. The minimum absolute atomic E-state index is 0.00144. The van der Waals surface area contributed by atoms with Gasteiger partial charge < -0.3 is 4.90 Å². The van der Waals surface area contributed by atoms with Crippen LogP contribution < -0.4 is 0 Å². The molecule has 1 heterocycles. The van der Waals surface area contributed by atoms with E-state index in [0.29, 0.717) is 18.7 Å². The number of rotatable bonds is 1. The van der Waals surface area contributed by atoms with Crippen LogP contribution in [0.1, 0.15) is 38.5 Å². The highest BCUT2D eigenvalue weighted by atomic mass is 19.3. The molecular weight excluding hydrogens is 186 g/mol. The van der Waals surface area contributed by atoms with Gasteiger partial charge in [-0.25, -0.2) is 8.78 Å². The zero-order valence-electron chi connectivity index (χ0n) is 8.23. The summed E-state index contributed by atoms with van der Waals surface area (Å²) in [6.45, 7) is 0.898. The summed E-state index contributed by atoms with van der Waals surface area (Å²) in [7, 11) is 0. The summed E-state index contributed by atoms with van der Waals surface area (Å²) in [5.41, 5.74) is 0. The zero-order chi connectivity index (χ0) is 10.2. The van der Waals surface area contributed by atoms with Gasteiger partial charge in [0.05, 0.1) is 5.84 Å². The Labute approximate surface area is 82.8 Å². The van der Waals surface area contributed by atoms with Crippen molar-refractivity contribution in [2.75, 3.05) is 6.54 Å². The fourth-order valence-electron chi connectivity index (χ4n) is 2.43. The minimum Gasteiger partial charge on any atom is -0.358 e. The summed E-state index contributed by atoms with van der Waals surface area (Å²) in [5, 5.41) is 7.68. The van der Waals surface area contributed by atoms with Crippen molar-refractivity contribution in [3.05, 3.63) is 0 Å². The van der Waals surface area contributed by atoms with E-state index in [-0.39, 0.29) is 18.9 Å². The van der Waals surface area contributed by atoms with E-state index in [1.165, 1.54) is 0 Å². The van der Waals surface area contributed by atoms with Gasteiger partial charge in [-0.3, -0.25) is 5.41 Å². The molecule has 0 unspecified atom stereocenters. The van der Waals surface area contributed by atoms with Gasteiger partial charge in [0, 0.05) is 31.8 Å². The molecule has 1 aliphatic heterocycles. The Morgan fingerprint density at radius 3 is 2.43 bits per heavy atom. The number of likely N-dealkylation sites (tertiary alicyclic amines) is 1. The lowest BCUT2D eigenvalue weighted by Crippen LogP contribution is -2.41. The summed E-state index contributed by atoms with van der Waals surface area (Å²) in [6.07, 6.45) is 2.95. The molecule has 2 nitrogen and oxygen atoms in total. The Morgan fingerprint density at radius 2 is 1.93 bits per heavy atom. The van der Waals surface area contributed by atoms with Crippen LogP contribution in [0.5, 0.6) is 0 Å². The van der Waals surface area contributed by atoms with Crippen LogP contribution in [-0.4, -0.2) is 29.2 Å². The maximum atomic E-state index is 12.9. The van der Waals surface area contributed by atoms with Crippen molar-refractivity contribution >= 4 is 5.84 Å². The van der Waals surface area contributed by atoms with Crippen molar-refractivity contribution in [3.63, 3.8) is 0 Å². The van der Waals surface area contributed by atoms with Gasteiger partial charge in [-0.05, 0) is 19.3 Å². The average molecular weight is 202 g/mol. The first kappa shape index (κ1) is 9.87. The Balaban J connectivity index is 1.92. The molecule has 0 atom stereocenters. The molecule has 1 saturated carbocycles. The Hall–Kier alpha value is -0.670. The molecule has 0 spiro atoms. The molecule has 0 bridgehead atoms. The third-order valence-corrected chi connectivity index (χ3v) is 3.29. The first-order valence-electron chi connectivity index (χ1n) is 5.30. The SMILES string of the molecule is N=C1CCCN1C1CCC(F)(F)CC1. The quantitative estimate of drug-likeness (QED) is 0.695. The predicted molar refractivity (Wildman–Crippen MR) is 50.9 cm³/mol. The highest BCUT2D eigenvalue weighted by molar-refractivity contribution is 5.81. The molecule has 0 aromatic carbocycles. The van der Waals surface area contributed by atoms with E-state index in [9.17, 15) is 8.78 Å². The molecule has 4 heteroatoms. The van der Waals surface area contributed by atoms with Crippen LogP contribution in [0.2, 0.25) is 0 Å². The topological polar surface area (TPSA) is 27.1 Å². The number of hydrogen-bond acceptors (Lipinski definition) is 1. The molecular formula is C10H16F2N2. The molecule has 2 aliphatic rings. The van der Waals surface area contributed by atoms with Crippen molar-refractivity contribution in [1.29, 1.82) is 5.41 Å². The number of nitrogens with zero attached hydrogens (tertiary/aromatic N) is 1. The molecule has 1 aliphatic carbocycles. The molecule has 0 radical (unpaired) electrons. The van der Waals surface area contributed by atoms with E-state index >= 15 is 0 Å². The van der Waals surface area contributed by atoms with Crippen LogP contribution in [-0.2, 0) is 0 Å². The minimum atomic E-state index is -2.45. The van der Waals surface area contributed by atoms with Gasteiger partial charge in [-0.2, -0.15) is 0 Å². The normalized spacial score (nSPS) is 28.4. The Bertz CT molecular complexity index is 230. The lowest BCUT2D eigenvalue weighted by atomic mass is 9.91. The maximum Gasteiger partial charge on any atom is 0.248 e. The second-order valence-corrected chi connectivity index (χ2v) is 4.33. The highest BCUT2D eigenvalue weighted by Gasteiger charge is 2.38. The van der Waals surface area contributed by atoms with Crippen LogP contribution in [0.3, 0.4) is 0 Å². The van der Waals surface area contributed by atoms with E-state index < -0.39 is 5.92 Å². The first-order valence-corrected chi connectivity index (χ1v) is 5.30. The molecule has 0 amide bonds. The second-order valence-electron chi connectivity index (χ2n) is 4.33. The molecule has 14 heavy (non-hydrogen) atoms. The lowest BCUT2D eigenvalue weighted by molar-refractivity contribution is -0.0471. The molecule has 1 N–H and O–H groups in total. The fourth-order valence-corrected chi connectivity index (χ4v) is 2.43. The third kappa shape index (κ3) is 1.88. The summed E-state index contributed by atoms with van der Waals surface area (Å²) >= 11 is 0. The summed E-state index contributed by atoms with van der Waals surface area (Å²) in [6, 6.07) is 0.213. The lowest BCUT2D eigenvalue weighted by Gasteiger charge is -2.35. The van der Waals surface area contributed by atoms with E-state index in [1.54, 1.807) is 0 Å². The average Bonchev–Trinajstić information content (AvgIpc) is 2.52. The third-order valence-electron chi connectivity index (χ3n) is 3.29. The van der Waals surface area contributed by atoms with E-state index in [0.717, 1.165) is 19.4 Å². The zero-order valence-corrected chi connectivity index (χ0v) is 8.23. The van der Waals surface area contributed by atoms with Crippen LogP contribution in [0.25, 0.3) is 0 Å². The van der Waals surface area contributed by atoms with Gasteiger partial charge in [-0.15, -0.1) is 0 Å². The van der Waals surface area contributed by atoms with Gasteiger partial charge in [-0.1, -0.05) is 0 Å². The van der Waals surface area contributed by atoms with Gasteiger partial charge in [0.15, 0.2) is 0 Å². The Kier molecular flexibility index (Phi) is 2.45. The van der Waals surface area contributed by atoms with Gasteiger partial charge >= 0.3 is 0 Å². The van der Waals surface area contributed by atoms with Crippen LogP contribution in [0.15, 0.2) is 0 Å². The molecule has 0 aromatic rings. The predicted octanol–water partition coefficient (Wildman–Crippen LogP) is 2.64. The molecule has 80 valence electrons. The van der Waals surface area contributed by atoms with E-state index in [1.807, 2.05) is 4.90 Å². The maximum absolute atomic E-state index is 12.9. The fraction of sp³-hybridized carbons (Fsp3) is 0.900. The summed E-state index contributed by atoms with van der Waals surface area (Å²) in [4.78, 5) is 2.02. The monoisotopic (exact) mass is 202 g/mol. The number of halogens is 2. The van der Waals surface area contributed by atoms with Crippen molar-refractivity contribution in [2.24, 2.45) is 0 Å². The van der Waals surface area contributed by atoms with Gasteiger partial charge in [0.1, 0.15) is 0 Å². The largest absolute Gasteiger partial charge is 0.358 e. The van der Waals surface area contributed by atoms with E-state index in [2.05, 4.69) is 0 Å².